The van der Waals surface area contributed by atoms with Crippen molar-refractivity contribution in [2.24, 2.45) is 0 Å². The summed E-state index contributed by atoms with van der Waals surface area (Å²) in [5, 5.41) is 14.0. The second kappa shape index (κ2) is 11.9. The van der Waals surface area contributed by atoms with Gasteiger partial charge in [0.2, 0.25) is 0 Å². The van der Waals surface area contributed by atoms with Gasteiger partial charge in [-0.1, -0.05) is 20.3 Å². The van der Waals surface area contributed by atoms with E-state index in [2.05, 4.69) is 15.6 Å². The second-order valence-electron chi connectivity index (χ2n) is 8.69. The van der Waals surface area contributed by atoms with E-state index in [1.54, 1.807) is 11.0 Å². The van der Waals surface area contributed by atoms with Crippen LogP contribution in [0.4, 0.5) is 20.7 Å². The van der Waals surface area contributed by atoms with Crippen LogP contribution in [-0.2, 0) is 11.2 Å². The molecule has 3 N–H and O–H groups in total. The minimum Gasteiger partial charge on any atom is -0.361 e. The molecule has 2 aromatic heterocycles. The molecule has 0 saturated carbocycles. The van der Waals surface area contributed by atoms with Crippen molar-refractivity contribution >= 4 is 23.4 Å². The van der Waals surface area contributed by atoms with Crippen molar-refractivity contribution in [2.45, 2.75) is 58.5 Å². The number of nitrogens with one attached hydrogen (secondary N) is 3. The number of hydrogen-bond acceptors (Lipinski definition) is 6. The Kier molecular flexibility index (Phi) is 8.97. The molecule has 3 rings (SSSR count). The smallest absolute Gasteiger partial charge is 0.328 e. The molecule has 10 heteroatoms. The predicted molar refractivity (Wildman–Crippen MR) is 131 cm³/mol. The number of piperidine rings is 1. The summed E-state index contributed by atoms with van der Waals surface area (Å²) >= 11 is 0. The van der Waals surface area contributed by atoms with E-state index in [4.69, 9.17) is 10.1 Å². The number of carbonyl (C=O) groups excluding carboxylic acids is 2. The van der Waals surface area contributed by atoms with Crippen LogP contribution < -0.4 is 16.1 Å². The highest BCUT2D eigenvalue weighted by Crippen LogP contribution is 2.30. The van der Waals surface area contributed by atoms with Gasteiger partial charge in [0, 0.05) is 43.8 Å². The molecular weight excluding hydrogens is 451 g/mol. The molecule has 35 heavy (non-hydrogen) atoms. The number of rotatable bonds is 9. The van der Waals surface area contributed by atoms with Gasteiger partial charge in [-0.05, 0) is 50.3 Å². The highest BCUT2D eigenvalue weighted by atomic mass is 19.1. The molecular formula is C25H35FN6O3. The lowest BCUT2D eigenvalue weighted by molar-refractivity contribution is 0.0419. The zero-order valence-corrected chi connectivity index (χ0v) is 20.7. The number of hydrogen-bond donors (Lipinski definition) is 3. The Morgan fingerprint density at radius 1 is 1.23 bits per heavy atom. The number of carbonyl (C=O) groups is 2. The van der Waals surface area contributed by atoms with Gasteiger partial charge in [0.15, 0.2) is 0 Å². The van der Waals surface area contributed by atoms with Crippen LogP contribution in [0.3, 0.4) is 0 Å². The molecule has 9 nitrogen and oxygen atoms in total. The number of amides is 2. The lowest BCUT2D eigenvalue weighted by atomic mass is 9.90. The third-order valence-corrected chi connectivity index (χ3v) is 6.28. The fourth-order valence-electron chi connectivity index (χ4n) is 4.04. The van der Waals surface area contributed by atoms with Gasteiger partial charge >= 0.3 is 6.03 Å². The van der Waals surface area contributed by atoms with E-state index >= 15 is 0 Å². The number of ether oxygens (including phenoxy) is 1. The van der Waals surface area contributed by atoms with E-state index in [-0.39, 0.29) is 18.1 Å². The highest BCUT2D eigenvalue weighted by molar-refractivity contribution is 5.94. The number of aryl methyl sites for hydroxylation is 1. The lowest BCUT2D eigenvalue weighted by Crippen LogP contribution is -2.44. The second-order valence-corrected chi connectivity index (χ2v) is 8.69. The summed E-state index contributed by atoms with van der Waals surface area (Å²) in [6.07, 6.45) is 5.79. The van der Waals surface area contributed by atoms with Gasteiger partial charge in [-0.2, -0.15) is 0 Å². The van der Waals surface area contributed by atoms with Crippen LogP contribution in [0.25, 0.3) is 0 Å². The average molecular weight is 487 g/mol. The summed E-state index contributed by atoms with van der Waals surface area (Å²) < 4.78 is 20.8. The van der Waals surface area contributed by atoms with Gasteiger partial charge in [-0.3, -0.25) is 14.8 Å². The summed E-state index contributed by atoms with van der Waals surface area (Å²) in [6, 6.07) is 4.59. The van der Waals surface area contributed by atoms with Crippen molar-refractivity contribution in [3.63, 3.8) is 0 Å². The number of nitrogens with zero attached hydrogens (tertiary/aromatic N) is 3. The molecule has 1 saturated heterocycles. The Hall–Kier alpha value is -3.27. The fraction of sp³-hybridized carbons (Fsp3) is 0.520. The number of likely N-dealkylation sites (tertiary alicyclic amines) is 1. The quantitative estimate of drug-likeness (QED) is 0.367. The zero-order chi connectivity index (χ0) is 25.4. The van der Waals surface area contributed by atoms with Crippen LogP contribution in [0, 0.1) is 5.41 Å². The van der Waals surface area contributed by atoms with Gasteiger partial charge in [0.25, 0.3) is 5.91 Å². The van der Waals surface area contributed by atoms with Gasteiger partial charge in [0.05, 0.1) is 5.56 Å². The first-order valence-corrected chi connectivity index (χ1v) is 12.2. The topological polar surface area (TPSA) is 112 Å². The Morgan fingerprint density at radius 3 is 2.60 bits per heavy atom. The molecule has 1 aliphatic rings. The summed E-state index contributed by atoms with van der Waals surface area (Å²) in [7, 11) is 0. The fourth-order valence-corrected chi connectivity index (χ4v) is 4.04. The molecule has 2 amide bonds. The number of pyridine rings is 2. The molecule has 0 aromatic carbocycles. The van der Waals surface area contributed by atoms with Crippen LogP contribution in [0.5, 0.6) is 0 Å². The maximum atomic E-state index is 14.5. The molecule has 190 valence electrons. The standard InChI is InChI=1S/C25H35FN6O3/c1-4-7-18-14-19(23(33)31-12-9-25(26,5-2)10-13-31)16-28-22(18)30-20-8-11-32(21(27)15-20)24(34)29-17-35-6-3/h8,11,14-16,27H,4-7,9-10,12-13,17H2,1-3H3,(H,28,30)(H,29,34). The molecule has 0 unspecified atom stereocenters. The van der Waals surface area contributed by atoms with Crippen LogP contribution in [0.15, 0.2) is 30.6 Å². The third kappa shape index (κ3) is 6.66. The first-order valence-electron chi connectivity index (χ1n) is 12.2. The van der Waals surface area contributed by atoms with E-state index in [9.17, 15) is 14.0 Å². The minimum atomic E-state index is -1.18. The van der Waals surface area contributed by atoms with Crippen LogP contribution in [0.1, 0.15) is 62.4 Å². The number of alkyl halides is 1. The maximum Gasteiger partial charge on any atom is 0.328 e. The normalized spacial score (nSPS) is 15.0. The molecule has 2 aromatic rings. The first-order chi connectivity index (χ1) is 16.8. The highest BCUT2D eigenvalue weighted by Gasteiger charge is 2.34. The van der Waals surface area contributed by atoms with Crippen molar-refractivity contribution in [1.82, 2.24) is 19.8 Å². The summed E-state index contributed by atoms with van der Waals surface area (Å²) in [5.74, 6) is 0.459. The van der Waals surface area contributed by atoms with Crippen LogP contribution >= 0.6 is 0 Å². The minimum absolute atomic E-state index is 0.00560. The summed E-state index contributed by atoms with van der Waals surface area (Å²) in [6.45, 7) is 7.08. The van der Waals surface area contributed by atoms with Crippen molar-refractivity contribution in [1.29, 1.82) is 5.41 Å². The lowest BCUT2D eigenvalue weighted by Gasteiger charge is -2.35. The Morgan fingerprint density at radius 2 is 1.97 bits per heavy atom. The Labute approximate surface area is 205 Å². The van der Waals surface area contributed by atoms with Crippen molar-refractivity contribution in [2.75, 3.05) is 31.7 Å². The van der Waals surface area contributed by atoms with Gasteiger partial charge in [-0.15, -0.1) is 0 Å². The SMILES string of the molecule is CCCc1cc(C(=O)N2CCC(F)(CC)CC2)cnc1Nc1ccn(C(=O)NCOCC)c(=N)c1. The zero-order valence-electron chi connectivity index (χ0n) is 20.7. The Bertz CT molecular complexity index is 1090. The predicted octanol–water partition coefficient (Wildman–Crippen LogP) is 3.96. The van der Waals surface area contributed by atoms with Gasteiger partial charge < -0.3 is 20.3 Å². The number of aromatic nitrogens is 2. The van der Waals surface area contributed by atoms with Crippen LogP contribution in [0.2, 0.25) is 0 Å². The maximum absolute atomic E-state index is 14.5. The number of halogens is 1. The summed E-state index contributed by atoms with van der Waals surface area (Å²) in [4.78, 5) is 31.4. The average Bonchev–Trinajstić information content (AvgIpc) is 2.85. The molecule has 0 spiro atoms. The van der Waals surface area contributed by atoms with E-state index in [1.807, 2.05) is 26.8 Å². The molecule has 1 aliphatic heterocycles. The van der Waals surface area contributed by atoms with E-state index in [1.165, 1.54) is 23.0 Å². The van der Waals surface area contributed by atoms with Crippen LogP contribution in [-0.4, -0.2) is 58.5 Å². The van der Waals surface area contributed by atoms with Gasteiger partial charge in [-0.25, -0.2) is 14.2 Å². The molecule has 3 heterocycles. The Balaban J connectivity index is 1.73. The van der Waals surface area contributed by atoms with E-state index in [0.717, 1.165) is 12.0 Å². The summed E-state index contributed by atoms with van der Waals surface area (Å²) in [5.41, 5.74) is 0.781. The first kappa shape index (κ1) is 26.3. The van der Waals surface area contributed by atoms with Crippen molar-refractivity contribution < 1.29 is 18.7 Å². The van der Waals surface area contributed by atoms with Crippen molar-refractivity contribution in [3.05, 3.63) is 47.2 Å². The molecule has 0 bridgehead atoms. The van der Waals surface area contributed by atoms with E-state index < -0.39 is 11.7 Å². The molecule has 0 radical (unpaired) electrons. The van der Waals surface area contributed by atoms with Gasteiger partial charge in [0.1, 0.15) is 23.7 Å². The third-order valence-electron chi connectivity index (χ3n) is 6.28. The molecule has 1 fully saturated rings. The van der Waals surface area contributed by atoms with Crippen molar-refractivity contribution in [3.8, 4) is 0 Å². The largest absolute Gasteiger partial charge is 0.361 e. The monoisotopic (exact) mass is 486 g/mol. The molecule has 0 atom stereocenters. The van der Waals surface area contributed by atoms with E-state index in [0.29, 0.717) is 62.4 Å². The molecule has 0 aliphatic carbocycles. The number of anilines is 2.